The van der Waals surface area contributed by atoms with Crippen LogP contribution in [-0.2, 0) is 9.63 Å². The molecule has 0 radical (unpaired) electrons. The highest BCUT2D eigenvalue weighted by molar-refractivity contribution is 5.75. The summed E-state index contributed by atoms with van der Waals surface area (Å²) in [6, 6.07) is 0. The Hall–Kier alpha value is -0.610. The zero-order valence-corrected chi connectivity index (χ0v) is 7.04. The lowest BCUT2D eigenvalue weighted by molar-refractivity contribution is -0.187. The fraction of sp³-hybridized carbons (Fsp3) is 0.857. The summed E-state index contributed by atoms with van der Waals surface area (Å²) in [5.74, 6) is -0.381. The van der Waals surface area contributed by atoms with Crippen molar-refractivity contribution in [2.45, 2.75) is 20.3 Å². The van der Waals surface area contributed by atoms with Gasteiger partial charge in [0, 0.05) is 6.54 Å². The Kier molecular flexibility index (Phi) is 5.78. The van der Waals surface area contributed by atoms with Crippen LogP contribution in [0.5, 0.6) is 0 Å². The van der Waals surface area contributed by atoms with Gasteiger partial charge in [0.15, 0.2) is 0 Å². The van der Waals surface area contributed by atoms with Crippen LogP contribution >= 0.6 is 0 Å². The molecule has 0 aliphatic heterocycles. The van der Waals surface area contributed by atoms with Crippen LogP contribution in [-0.4, -0.2) is 35.8 Å². The molecule has 66 valence electrons. The van der Waals surface area contributed by atoms with Crippen molar-refractivity contribution >= 4 is 5.91 Å². The third-order valence-corrected chi connectivity index (χ3v) is 1.13. The molecule has 0 aromatic heterocycles. The Morgan fingerprint density at radius 3 is 2.55 bits per heavy atom. The smallest absolute Gasteiger partial charge is 0.271 e. The van der Waals surface area contributed by atoms with Gasteiger partial charge in [0.25, 0.3) is 5.91 Å². The molecule has 4 heteroatoms. The number of carbonyl (C=O) groups excluding carboxylic acids is 1. The minimum absolute atomic E-state index is 0.381. The maximum atomic E-state index is 10.8. The summed E-state index contributed by atoms with van der Waals surface area (Å²) in [5.41, 5.74) is 0. The molecule has 0 aromatic rings. The van der Waals surface area contributed by atoms with E-state index in [0.717, 1.165) is 6.42 Å². The summed E-state index contributed by atoms with van der Waals surface area (Å²) < 4.78 is 0. The van der Waals surface area contributed by atoms with Crippen LogP contribution in [0.2, 0.25) is 0 Å². The number of carbonyl (C=O) groups is 1. The molecular formula is C7H15NO3. The second-order valence-electron chi connectivity index (χ2n) is 2.07. The quantitative estimate of drug-likeness (QED) is 0.585. The first-order valence-corrected chi connectivity index (χ1v) is 3.80. The normalized spacial score (nSPS) is 9.73. The number of hydrogen-bond acceptors (Lipinski definition) is 3. The molecule has 0 fully saturated rings. The average molecular weight is 161 g/mol. The molecule has 0 saturated carbocycles. The van der Waals surface area contributed by atoms with E-state index in [1.807, 2.05) is 6.92 Å². The summed E-state index contributed by atoms with van der Waals surface area (Å²) in [7, 11) is 0. The Morgan fingerprint density at radius 2 is 2.18 bits per heavy atom. The van der Waals surface area contributed by atoms with Gasteiger partial charge in [0.05, 0.1) is 6.61 Å². The fourth-order valence-corrected chi connectivity index (χ4v) is 0.699. The molecular weight excluding hydrogens is 146 g/mol. The summed E-state index contributed by atoms with van der Waals surface area (Å²) in [4.78, 5) is 15.8. The van der Waals surface area contributed by atoms with Gasteiger partial charge in [-0.3, -0.25) is 9.63 Å². The molecule has 0 aromatic carbocycles. The summed E-state index contributed by atoms with van der Waals surface area (Å²) in [5, 5.41) is 9.68. The Labute approximate surface area is 66.7 Å². The van der Waals surface area contributed by atoms with E-state index in [-0.39, 0.29) is 5.91 Å². The highest BCUT2D eigenvalue weighted by atomic mass is 16.7. The van der Waals surface area contributed by atoms with Gasteiger partial charge in [-0.05, 0) is 13.3 Å². The Balaban J connectivity index is 3.76. The summed E-state index contributed by atoms with van der Waals surface area (Å²) >= 11 is 0. The lowest BCUT2D eigenvalue weighted by atomic mass is 10.4. The predicted molar refractivity (Wildman–Crippen MR) is 40.7 cm³/mol. The molecule has 0 heterocycles. The van der Waals surface area contributed by atoms with E-state index >= 15 is 0 Å². The van der Waals surface area contributed by atoms with Crippen molar-refractivity contribution in [2.75, 3.05) is 19.8 Å². The van der Waals surface area contributed by atoms with Crippen molar-refractivity contribution in [3.05, 3.63) is 0 Å². The summed E-state index contributed by atoms with van der Waals surface area (Å²) in [6.45, 7) is 4.24. The van der Waals surface area contributed by atoms with Crippen molar-refractivity contribution < 1.29 is 14.7 Å². The topological polar surface area (TPSA) is 49.8 Å². The Morgan fingerprint density at radius 1 is 1.55 bits per heavy atom. The average Bonchev–Trinajstić information content (AvgIpc) is 2.03. The number of hydroxylamine groups is 2. The largest absolute Gasteiger partial charge is 0.386 e. The van der Waals surface area contributed by atoms with Gasteiger partial charge in [0.2, 0.25) is 0 Å². The van der Waals surface area contributed by atoms with E-state index in [1.165, 1.54) is 5.06 Å². The number of aliphatic hydroxyl groups excluding tert-OH is 1. The number of aliphatic hydroxyl groups is 1. The van der Waals surface area contributed by atoms with Crippen LogP contribution in [0.15, 0.2) is 0 Å². The van der Waals surface area contributed by atoms with Crippen molar-refractivity contribution in [3.8, 4) is 0 Å². The molecule has 1 amide bonds. The molecule has 0 unspecified atom stereocenters. The van der Waals surface area contributed by atoms with Crippen LogP contribution in [0.4, 0.5) is 0 Å². The van der Waals surface area contributed by atoms with Gasteiger partial charge >= 0.3 is 0 Å². The van der Waals surface area contributed by atoms with Gasteiger partial charge < -0.3 is 5.11 Å². The van der Waals surface area contributed by atoms with Crippen molar-refractivity contribution in [1.29, 1.82) is 0 Å². The SMILES string of the molecule is CCCN(OCC)C(=O)CO. The number of hydrogen-bond donors (Lipinski definition) is 1. The van der Waals surface area contributed by atoms with Crippen LogP contribution in [0, 0.1) is 0 Å². The fourth-order valence-electron chi connectivity index (χ4n) is 0.699. The Bertz CT molecular complexity index is 110. The molecule has 4 nitrogen and oxygen atoms in total. The minimum atomic E-state index is -0.486. The predicted octanol–water partition coefficient (Wildman–Crippen LogP) is 0.169. The third-order valence-electron chi connectivity index (χ3n) is 1.13. The van der Waals surface area contributed by atoms with Crippen LogP contribution in [0.25, 0.3) is 0 Å². The van der Waals surface area contributed by atoms with Crippen molar-refractivity contribution in [1.82, 2.24) is 5.06 Å². The van der Waals surface area contributed by atoms with Gasteiger partial charge in [-0.2, -0.15) is 0 Å². The number of rotatable bonds is 5. The highest BCUT2D eigenvalue weighted by Gasteiger charge is 2.10. The monoisotopic (exact) mass is 161 g/mol. The van der Waals surface area contributed by atoms with Crippen LogP contribution in [0.3, 0.4) is 0 Å². The van der Waals surface area contributed by atoms with E-state index in [0.29, 0.717) is 13.2 Å². The van der Waals surface area contributed by atoms with E-state index < -0.39 is 6.61 Å². The highest BCUT2D eigenvalue weighted by Crippen LogP contribution is 1.93. The molecule has 1 N–H and O–H groups in total. The molecule has 0 bridgehead atoms. The second kappa shape index (κ2) is 6.12. The lowest BCUT2D eigenvalue weighted by Gasteiger charge is -2.18. The third kappa shape index (κ3) is 3.95. The van der Waals surface area contributed by atoms with E-state index in [9.17, 15) is 4.79 Å². The van der Waals surface area contributed by atoms with Crippen LogP contribution in [0.1, 0.15) is 20.3 Å². The molecule has 0 rings (SSSR count). The minimum Gasteiger partial charge on any atom is -0.386 e. The van der Waals surface area contributed by atoms with Crippen LogP contribution < -0.4 is 0 Å². The summed E-state index contributed by atoms with van der Waals surface area (Å²) in [6.07, 6.45) is 0.825. The van der Waals surface area contributed by atoms with Gasteiger partial charge in [0.1, 0.15) is 6.61 Å². The molecule has 0 spiro atoms. The zero-order chi connectivity index (χ0) is 8.69. The van der Waals surface area contributed by atoms with Gasteiger partial charge in [-0.25, -0.2) is 5.06 Å². The zero-order valence-electron chi connectivity index (χ0n) is 7.04. The van der Waals surface area contributed by atoms with E-state index in [1.54, 1.807) is 6.92 Å². The van der Waals surface area contributed by atoms with Crippen molar-refractivity contribution in [3.63, 3.8) is 0 Å². The lowest BCUT2D eigenvalue weighted by Crippen LogP contribution is -2.33. The number of amides is 1. The van der Waals surface area contributed by atoms with Gasteiger partial charge in [-0.1, -0.05) is 6.92 Å². The first-order valence-electron chi connectivity index (χ1n) is 3.80. The first-order chi connectivity index (χ1) is 5.26. The maximum absolute atomic E-state index is 10.8. The molecule has 11 heavy (non-hydrogen) atoms. The molecule has 0 saturated heterocycles. The molecule has 0 atom stereocenters. The molecule has 0 aliphatic rings. The molecule has 0 aliphatic carbocycles. The first kappa shape index (κ1) is 10.4. The van der Waals surface area contributed by atoms with E-state index in [2.05, 4.69) is 0 Å². The second-order valence-corrected chi connectivity index (χ2v) is 2.07. The number of nitrogens with zero attached hydrogens (tertiary/aromatic N) is 1. The standard InChI is InChI=1S/C7H15NO3/c1-3-5-8(11-4-2)7(10)6-9/h9H,3-6H2,1-2H3. The maximum Gasteiger partial charge on any atom is 0.271 e. The van der Waals surface area contributed by atoms with Crippen molar-refractivity contribution in [2.24, 2.45) is 0 Å². The van der Waals surface area contributed by atoms with Gasteiger partial charge in [-0.15, -0.1) is 0 Å². The van der Waals surface area contributed by atoms with E-state index in [4.69, 9.17) is 9.94 Å².